The third kappa shape index (κ3) is 4.24. The van der Waals surface area contributed by atoms with Gasteiger partial charge in [0.15, 0.2) is 5.82 Å². The Balaban J connectivity index is 1.37. The fourth-order valence-electron chi connectivity index (χ4n) is 3.60. The van der Waals surface area contributed by atoms with Crippen LogP contribution in [0, 0.1) is 5.82 Å². The molecule has 1 aromatic carbocycles. The molecular weight excluding hydrogens is 397 g/mol. The number of aromatic nitrogens is 1. The Morgan fingerprint density at radius 1 is 1.37 bits per heavy atom. The molecule has 11 heteroatoms. The van der Waals surface area contributed by atoms with Gasteiger partial charge in [-0.3, -0.25) is 4.90 Å². The highest BCUT2D eigenvalue weighted by molar-refractivity contribution is 5.90. The Morgan fingerprint density at radius 3 is 2.97 bits per heavy atom. The van der Waals surface area contributed by atoms with Gasteiger partial charge in [0.25, 0.3) is 0 Å². The molecule has 2 fully saturated rings. The molecule has 1 aromatic heterocycles. The molecule has 160 valence electrons. The van der Waals surface area contributed by atoms with Crippen LogP contribution in [0.15, 0.2) is 35.1 Å². The van der Waals surface area contributed by atoms with Crippen LogP contribution in [-0.4, -0.2) is 62.8 Å². The van der Waals surface area contributed by atoms with Gasteiger partial charge in [-0.1, -0.05) is 5.16 Å². The van der Waals surface area contributed by atoms with Crippen molar-refractivity contribution in [3.63, 3.8) is 0 Å². The summed E-state index contributed by atoms with van der Waals surface area (Å²) in [6, 6.07) is 6.20. The van der Waals surface area contributed by atoms with Crippen LogP contribution in [0.5, 0.6) is 0 Å². The standard InChI is InChI=1S/C19H22FN5O5/c1-28-18(26)22-12-4-6-24(10-12)16-3-2-13(8-15(16)20)25-11-14(30-19(25)27)9-21-17-5-7-29-23-17/h2-3,5,7-8,12,14H,4,6,9-11H2,1H3,(H,21,23)(H,22,26)/t12-,14-/m0/s1. The highest BCUT2D eigenvalue weighted by atomic mass is 19.1. The highest BCUT2D eigenvalue weighted by Crippen LogP contribution is 2.30. The van der Waals surface area contributed by atoms with Gasteiger partial charge in [-0.05, 0) is 24.6 Å². The Kier molecular flexibility index (Phi) is 5.59. The first-order valence-corrected chi connectivity index (χ1v) is 9.55. The van der Waals surface area contributed by atoms with Crippen LogP contribution in [0.2, 0.25) is 0 Å². The second kappa shape index (κ2) is 8.47. The number of carbonyl (C=O) groups excluding carboxylic acids is 2. The fraction of sp³-hybridized carbons (Fsp3) is 0.421. The molecule has 0 unspecified atom stereocenters. The fourth-order valence-corrected chi connectivity index (χ4v) is 3.60. The van der Waals surface area contributed by atoms with E-state index in [4.69, 9.17) is 9.26 Å². The number of benzene rings is 1. The number of ether oxygens (including phenoxy) is 2. The largest absolute Gasteiger partial charge is 0.453 e. The van der Waals surface area contributed by atoms with Crippen molar-refractivity contribution in [2.24, 2.45) is 0 Å². The second-order valence-electron chi connectivity index (χ2n) is 7.09. The molecule has 0 spiro atoms. The zero-order chi connectivity index (χ0) is 21.1. The van der Waals surface area contributed by atoms with Crippen molar-refractivity contribution in [3.8, 4) is 0 Å². The van der Waals surface area contributed by atoms with Crippen LogP contribution in [0.1, 0.15) is 6.42 Å². The lowest BCUT2D eigenvalue weighted by Crippen LogP contribution is -2.37. The summed E-state index contributed by atoms with van der Waals surface area (Å²) in [6.45, 7) is 1.73. The van der Waals surface area contributed by atoms with E-state index in [9.17, 15) is 14.0 Å². The Labute approximate surface area is 171 Å². The van der Waals surface area contributed by atoms with E-state index in [1.54, 1.807) is 18.2 Å². The van der Waals surface area contributed by atoms with Gasteiger partial charge < -0.3 is 29.5 Å². The summed E-state index contributed by atoms with van der Waals surface area (Å²) >= 11 is 0. The van der Waals surface area contributed by atoms with E-state index in [2.05, 4.69) is 20.5 Å². The van der Waals surface area contributed by atoms with E-state index < -0.39 is 24.1 Å². The minimum Gasteiger partial charge on any atom is -0.453 e. The van der Waals surface area contributed by atoms with Crippen molar-refractivity contribution >= 4 is 29.4 Å². The molecule has 2 aromatic rings. The number of amides is 2. The number of nitrogens with one attached hydrogen (secondary N) is 2. The summed E-state index contributed by atoms with van der Waals surface area (Å²) in [4.78, 5) is 26.8. The summed E-state index contributed by atoms with van der Waals surface area (Å²) in [5.41, 5.74) is 0.846. The second-order valence-corrected chi connectivity index (χ2v) is 7.09. The topological polar surface area (TPSA) is 109 Å². The lowest BCUT2D eigenvalue weighted by molar-refractivity contribution is 0.147. The number of alkyl carbamates (subject to hydrolysis) is 1. The maximum Gasteiger partial charge on any atom is 0.414 e. The maximum atomic E-state index is 14.8. The highest BCUT2D eigenvalue weighted by Gasteiger charge is 2.33. The number of rotatable bonds is 6. The van der Waals surface area contributed by atoms with Gasteiger partial charge in [-0.25, -0.2) is 14.0 Å². The number of halogens is 1. The van der Waals surface area contributed by atoms with E-state index in [0.717, 1.165) is 0 Å². The number of cyclic esters (lactones) is 1. The Bertz CT molecular complexity index is 909. The SMILES string of the molecule is COC(=O)N[C@H]1CCN(c2ccc(N3C[C@H](CNc4ccon4)OC3=O)cc2F)C1. The van der Waals surface area contributed by atoms with Gasteiger partial charge >= 0.3 is 12.2 Å². The van der Waals surface area contributed by atoms with Crippen LogP contribution >= 0.6 is 0 Å². The molecule has 0 saturated carbocycles. The van der Waals surface area contributed by atoms with Crippen LogP contribution in [-0.2, 0) is 9.47 Å². The molecular formula is C19H22FN5O5. The van der Waals surface area contributed by atoms with Gasteiger partial charge in [0.2, 0.25) is 0 Å². The van der Waals surface area contributed by atoms with E-state index in [1.807, 2.05) is 4.90 Å². The van der Waals surface area contributed by atoms with Gasteiger partial charge in [-0.2, -0.15) is 0 Å². The number of nitrogens with zero attached hydrogens (tertiary/aromatic N) is 3. The summed E-state index contributed by atoms with van der Waals surface area (Å²) in [5.74, 6) is 0.105. The number of methoxy groups -OCH3 is 1. The lowest BCUT2D eigenvalue weighted by atomic mass is 10.2. The normalized spacial score (nSPS) is 20.9. The van der Waals surface area contributed by atoms with Crippen LogP contribution in [0.3, 0.4) is 0 Å². The molecule has 2 N–H and O–H groups in total. The maximum absolute atomic E-state index is 14.8. The zero-order valence-corrected chi connectivity index (χ0v) is 16.3. The molecule has 4 rings (SSSR count). The van der Waals surface area contributed by atoms with Gasteiger partial charge in [-0.15, -0.1) is 0 Å². The van der Waals surface area contributed by atoms with Crippen molar-refractivity contribution in [1.29, 1.82) is 0 Å². The number of hydrogen-bond acceptors (Lipinski definition) is 8. The van der Waals surface area contributed by atoms with Crippen molar-refractivity contribution in [1.82, 2.24) is 10.5 Å². The van der Waals surface area contributed by atoms with E-state index in [-0.39, 0.29) is 12.6 Å². The minimum absolute atomic E-state index is 0.108. The predicted molar refractivity (Wildman–Crippen MR) is 105 cm³/mol. The molecule has 30 heavy (non-hydrogen) atoms. The smallest absolute Gasteiger partial charge is 0.414 e. The Morgan fingerprint density at radius 2 is 2.23 bits per heavy atom. The Hall–Kier alpha value is -3.50. The molecule has 2 aliphatic heterocycles. The van der Waals surface area contributed by atoms with Crippen LogP contribution in [0.4, 0.5) is 31.2 Å². The van der Waals surface area contributed by atoms with Crippen LogP contribution in [0.25, 0.3) is 0 Å². The van der Waals surface area contributed by atoms with Gasteiger partial charge in [0, 0.05) is 19.2 Å². The molecule has 0 radical (unpaired) electrons. The summed E-state index contributed by atoms with van der Waals surface area (Å²) < 4.78 is 29.5. The number of hydrogen-bond donors (Lipinski definition) is 2. The van der Waals surface area contributed by atoms with Crippen molar-refractivity contribution in [2.75, 3.05) is 48.4 Å². The molecule has 2 amide bonds. The van der Waals surface area contributed by atoms with E-state index in [0.29, 0.717) is 43.2 Å². The third-order valence-corrected chi connectivity index (χ3v) is 5.10. The minimum atomic E-state index is -0.530. The first-order chi connectivity index (χ1) is 14.5. The predicted octanol–water partition coefficient (Wildman–Crippen LogP) is 2.19. The molecule has 10 nitrogen and oxygen atoms in total. The monoisotopic (exact) mass is 419 g/mol. The zero-order valence-electron chi connectivity index (χ0n) is 16.3. The molecule has 3 heterocycles. The van der Waals surface area contributed by atoms with Crippen molar-refractivity contribution in [3.05, 3.63) is 36.3 Å². The third-order valence-electron chi connectivity index (χ3n) is 5.10. The quantitative estimate of drug-likeness (QED) is 0.733. The average molecular weight is 419 g/mol. The summed E-state index contributed by atoms with van der Waals surface area (Å²) in [7, 11) is 1.30. The summed E-state index contributed by atoms with van der Waals surface area (Å²) in [5, 5.41) is 9.47. The molecule has 2 aliphatic rings. The van der Waals surface area contributed by atoms with E-state index in [1.165, 1.54) is 24.3 Å². The van der Waals surface area contributed by atoms with E-state index >= 15 is 0 Å². The molecule has 2 saturated heterocycles. The average Bonchev–Trinajstić information content (AvgIpc) is 3.47. The first kappa shape index (κ1) is 19.8. The van der Waals surface area contributed by atoms with Crippen LogP contribution < -0.4 is 20.4 Å². The van der Waals surface area contributed by atoms with Crippen molar-refractivity contribution in [2.45, 2.75) is 18.6 Å². The summed E-state index contributed by atoms with van der Waals surface area (Å²) in [6.07, 6.45) is 0.693. The van der Waals surface area contributed by atoms with Gasteiger partial charge in [0.05, 0.1) is 37.6 Å². The first-order valence-electron chi connectivity index (χ1n) is 9.55. The molecule has 0 aliphatic carbocycles. The van der Waals surface area contributed by atoms with Gasteiger partial charge in [0.1, 0.15) is 18.2 Å². The molecule has 0 bridgehead atoms. The lowest BCUT2D eigenvalue weighted by Gasteiger charge is -2.21. The van der Waals surface area contributed by atoms with Crippen molar-refractivity contribution < 1.29 is 28.0 Å². The molecule has 2 atom stereocenters. The number of anilines is 3. The number of carbonyl (C=O) groups is 2.